The summed E-state index contributed by atoms with van der Waals surface area (Å²) in [6.45, 7) is 6.16. The molecule has 112 valence electrons. The zero-order valence-electron chi connectivity index (χ0n) is 12.4. The van der Waals surface area contributed by atoms with E-state index >= 15 is 0 Å². The molecule has 0 aliphatic carbocycles. The summed E-state index contributed by atoms with van der Waals surface area (Å²) >= 11 is 5.94. The summed E-state index contributed by atoms with van der Waals surface area (Å²) < 4.78 is 12.0. The zero-order chi connectivity index (χ0) is 14.7. The predicted octanol–water partition coefficient (Wildman–Crippen LogP) is 3.70. The first-order valence-corrected chi connectivity index (χ1v) is 7.65. The third-order valence-corrected chi connectivity index (χ3v) is 3.92. The maximum atomic E-state index is 6.27. The Kier molecular flexibility index (Phi) is 5.44. The first kappa shape index (κ1) is 15.8. The van der Waals surface area contributed by atoms with Crippen LogP contribution in [0.15, 0.2) is 24.3 Å². The van der Waals surface area contributed by atoms with E-state index in [0.29, 0.717) is 0 Å². The summed E-state index contributed by atoms with van der Waals surface area (Å²) in [5, 5.41) is 0.727. The number of rotatable bonds is 4. The minimum absolute atomic E-state index is 0.0652. The standard InChI is InChI=1S/C16H24ClNO2/c1-10-8-15(9-11(2)19-10)20-16(12(3)18)13-4-6-14(17)7-5-13/h4-7,10-12,15-16H,8-9,18H2,1-3H3. The average Bonchev–Trinajstić information content (AvgIpc) is 2.36. The molecule has 1 heterocycles. The van der Waals surface area contributed by atoms with Crippen molar-refractivity contribution in [3.05, 3.63) is 34.9 Å². The van der Waals surface area contributed by atoms with Crippen molar-refractivity contribution in [3.8, 4) is 0 Å². The lowest BCUT2D eigenvalue weighted by Crippen LogP contribution is -2.37. The van der Waals surface area contributed by atoms with Crippen LogP contribution >= 0.6 is 11.6 Å². The van der Waals surface area contributed by atoms with Gasteiger partial charge in [0.1, 0.15) is 0 Å². The lowest BCUT2D eigenvalue weighted by atomic mass is 10.00. The van der Waals surface area contributed by atoms with Crippen molar-refractivity contribution in [1.82, 2.24) is 0 Å². The number of halogens is 1. The van der Waals surface area contributed by atoms with Crippen LogP contribution in [0.4, 0.5) is 0 Å². The number of hydrogen-bond acceptors (Lipinski definition) is 3. The van der Waals surface area contributed by atoms with E-state index in [-0.39, 0.29) is 30.5 Å². The van der Waals surface area contributed by atoms with E-state index in [4.69, 9.17) is 26.8 Å². The van der Waals surface area contributed by atoms with Gasteiger partial charge in [0, 0.05) is 11.1 Å². The first-order chi connectivity index (χ1) is 9.45. The molecule has 0 bridgehead atoms. The summed E-state index contributed by atoms with van der Waals surface area (Å²) in [6.07, 6.45) is 2.41. The molecule has 1 saturated heterocycles. The minimum atomic E-state index is -0.102. The van der Waals surface area contributed by atoms with Gasteiger partial charge in [0.2, 0.25) is 0 Å². The molecule has 2 N–H and O–H groups in total. The Morgan fingerprint density at radius 3 is 2.25 bits per heavy atom. The van der Waals surface area contributed by atoms with E-state index in [0.717, 1.165) is 23.4 Å². The highest BCUT2D eigenvalue weighted by atomic mass is 35.5. The highest BCUT2D eigenvalue weighted by Crippen LogP contribution is 2.29. The summed E-state index contributed by atoms with van der Waals surface area (Å²) in [4.78, 5) is 0. The smallest absolute Gasteiger partial charge is 0.0976 e. The second kappa shape index (κ2) is 6.90. The van der Waals surface area contributed by atoms with E-state index in [9.17, 15) is 0 Å². The molecule has 1 fully saturated rings. The van der Waals surface area contributed by atoms with Crippen molar-refractivity contribution in [2.24, 2.45) is 5.73 Å². The SMILES string of the molecule is CC1CC(OC(c2ccc(Cl)cc2)C(C)N)CC(C)O1. The second-order valence-corrected chi connectivity index (χ2v) is 6.25. The van der Waals surface area contributed by atoms with Gasteiger partial charge in [-0.05, 0) is 51.3 Å². The van der Waals surface area contributed by atoms with E-state index in [1.807, 2.05) is 31.2 Å². The van der Waals surface area contributed by atoms with E-state index in [1.165, 1.54) is 0 Å². The van der Waals surface area contributed by atoms with Gasteiger partial charge in [-0.2, -0.15) is 0 Å². The highest BCUT2D eigenvalue weighted by Gasteiger charge is 2.29. The molecule has 0 radical (unpaired) electrons. The molecule has 4 heteroatoms. The van der Waals surface area contributed by atoms with Crippen LogP contribution < -0.4 is 5.73 Å². The molecule has 1 aliphatic rings. The first-order valence-electron chi connectivity index (χ1n) is 7.27. The normalized spacial score (nSPS) is 29.9. The van der Waals surface area contributed by atoms with E-state index in [1.54, 1.807) is 0 Å². The van der Waals surface area contributed by atoms with Crippen molar-refractivity contribution in [2.75, 3.05) is 0 Å². The zero-order valence-corrected chi connectivity index (χ0v) is 13.1. The van der Waals surface area contributed by atoms with Gasteiger partial charge in [-0.25, -0.2) is 0 Å². The molecule has 0 saturated carbocycles. The Morgan fingerprint density at radius 2 is 1.75 bits per heavy atom. The van der Waals surface area contributed by atoms with Crippen molar-refractivity contribution < 1.29 is 9.47 Å². The van der Waals surface area contributed by atoms with Gasteiger partial charge in [0.15, 0.2) is 0 Å². The van der Waals surface area contributed by atoms with Gasteiger partial charge in [-0.1, -0.05) is 23.7 Å². The number of benzene rings is 1. The molecule has 4 unspecified atom stereocenters. The van der Waals surface area contributed by atoms with Gasteiger partial charge in [0.05, 0.1) is 24.4 Å². The molecule has 1 aromatic rings. The summed E-state index contributed by atoms with van der Waals surface area (Å²) in [6, 6.07) is 7.67. The minimum Gasteiger partial charge on any atom is -0.375 e. The van der Waals surface area contributed by atoms with Gasteiger partial charge in [-0.3, -0.25) is 0 Å². The maximum Gasteiger partial charge on any atom is 0.0976 e. The Balaban J connectivity index is 2.07. The molecular formula is C16H24ClNO2. The van der Waals surface area contributed by atoms with Crippen LogP contribution in [0.1, 0.15) is 45.3 Å². The van der Waals surface area contributed by atoms with Crippen molar-refractivity contribution in [3.63, 3.8) is 0 Å². The Morgan fingerprint density at radius 1 is 1.20 bits per heavy atom. The predicted molar refractivity (Wildman–Crippen MR) is 82.0 cm³/mol. The van der Waals surface area contributed by atoms with Crippen molar-refractivity contribution in [1.29, 1.82) is 0 Å². The molecule has 1 aromatic carbocycles. The fraction of sp³-hybridized carbons (Fsp3) is 0.625. The monoisotopic (exact) mass is 297 g/mol. The topological polar surface area (TPSA) is 44.5 Å². The molecule has 4 atom stereocenters. The number of nitrogens with two attached hydrogens (primary N) is 1. The van der Waals surface area contributed by atoms with E-state index in [2.05, 4.69) is 13.8 Å². The van der Waals surface area contributed by atoms with Crippen LogP contribution in [0.25, 0.3) is 0 Å². The highest BCUT2D eigenvalue weighted by molar-refractivity contribution is 6.30. The van der Waals surface area contributed by atoms with Gasteiger partial charge < -0.3 is 15.2 Å². The summed E-state index contributed by atoms with van der Waals surface area (Å²) in [7, 11) is 0. The summed E-state index contributed by atoms with van der Waals surface area (Å²) in [5.74, 6) is 0. The number of ether oxygens (including phenoxy) is 2. The molecule has 1 aliphatic heterocycles. The molecule has 2 rings (SSSR count). The molecule has 3 nitrogen and oxygen atoms in total. The van der Waals surface area contributed by atoms with Gasteiger partial charge in [-0.15, -0.1) is 0 Å². The van der Waals surface area contributed by atoms with Crippen LogP contribution in [0.5, 0.6) is 0 Å². The van der Waals surface area contributed by atoms with Crippen LogP contribution in [0.2, 0.25) is 5.02 Å². The molecule has 0 amide bonds. The van der Waals surface area contributed by atoms with Crippen LogP contribution in [0.3, 0.4) is 0 Å². The van der Waals surface area contributed by atoms with Gasteiger partial charge >= 0.3 is 0 Å². The van der Waals surface area contributed by atoms with E-state index < -0.39 is 0 Å². The third kappa shape index (κ3) is 4.19. The lowest BCUT2D eigenvalue weighted by molar-refractivity contribution is -0.126. The fourth-order valence-corrected chi connectivity index (χ4v) is 2.95. The molecule has 0 aromatic heterocycles. The van der Waals surface area contributed by atoms with Crippen LogP contribution in [0, 0.1) is 0 Å². The Hall–Kier alpha value is -0.610. The molecular weight excluding hydrogens is 274 g/mol. The Bertz CT molecular complexity index is 411. The third-order valence-electron chi connectivity index (χ3n) is 3.67. The van der Waals surface area contributed by atoms with Crippen molar-refractivity contribution in [2.45, 2.75) is 64.1 Å². The average molecular weight is 298 g/mol. The quantitative estimate of drug-likeness (QED) is 0.921. The van der Waals surface area contributed by atoms with Crippen LogP contribution in [-0.2, 0) is 9.47 Å². The largest absolute Gasteiger partial charge is 0.375 e. The van der Waals surface area contributed by atoms with Gasteiger partial charge in [0.25, 0.3) is 0 Å². The van der Waals surface area contributed by atoms with Crippen molar-refractivity contribution >= 4 is 11.6 Å². The number of hydrogen-bond donors (Lipinski definition) is 1. The van der Waals surface area contributed by atoms with Crippen LogP contribution in [-0.4, -0.2) is 24.4 Å². The molecule has 20 heavy (non-hydrogen) atoms. The maximum absolute atomic E-state index is 6.27. The summed E-state index contributed by atoms with van der Waals surface area (Å²) in [5.41, 5.74) is 7.18. The fourth-order valence-electron chi connectivity index (χ4n) is 2.82. The second-order valence-electron chi connectivity index (χ2n) is 5.82. The Labute approximate surface area is 126 Å². The molecule has 0 spiro atoms. The lowest BCUT2D eigenvalue weighted by Gasteiger charge is -2.35.